The number of carbonyl (C=O) groups is 2. The van der Waals surface area contributed by atoms with Gasteiger partial charge in [-0.2, -0.15) is 0 Å². The predicted octanol–water partition coefficient (Wildman–Crippen LogP) is 3.97. The number of nitrogens with zero attached hydrogens (tertiary/aromatic N) is 1. The van der Waals surface area contributed by atoms with Gasteiger partial charge in [-0.25, -0.2) is 4.39 Å². The smallest absolute Gasteiger partial charge is 0.262 e. The van der Waals surface area contributed by atoms with Crippen LogP contribution in [0.25, 0.3) is 0 Å². The molecule has 0 saturated heterocycles. The second-order valence-electron chi connectivity index (χ2n) is 5.65. The maximum absolute atomic E-state index is 13.7. The summed E-state index contributed by atoms with van der Waals surface area (Å²) in [4.78, 5) is 25.2. The Morgan fingerprint density at radius 2 is 2.00 bits per heavy atom. The fourth-order valence-corrected chi connectivity index (χ4v) is 2.68. The Kier molecular flexibility index (Phi) is 7.15. The summed E-state index contributed by atoms with van der Waals surface area (Å²) in [6.07, 6.45) is 0. The summed E-state index contributed by atoms with van der Waals surface area (Å²) >= 11 is 3.16. The van der Waals surface area contributed by atoms with Gasteiger partial charge in [0, 0.05) is 30.2 Å². The average Bonchev–Trinajstić information content (AvgIpc) is 2.59. The van der Waals surface area contributed by atoms with E-state index in [4.69, 9.17) is 4.74 Å². The second-order valence-corrected chi connectivity index (χ2v) is 6.56. The summed E-state index contributed by atoms with van der Waals surface area (Å²) < 4.78 is 19.5. The SMILES string of the molecule is CCN(Cc1cccc(NC(=O)COc2ccc(Br)cc2F)c1)C(C)=O. The number of carbonyl (C=O) groups excluding carboxylic acids is 2. The second kappa shape index (κ2) is 9.33. The Morgan fingerprint density at radius 3 is 2.65 bits per heavy atom. The summed E-state index contributed by atoms with van der Waals surface area (Å²) in [6, 6.07) is 11.6. The number of halogens is 2. The lowest BCUT2D eigenvalue weighted by atomic mass is 10.2. The average molecular weight is 423 g/mol. The Hall–Kier alpha value is -2.41. The van der Waals surface area contributed by atoms with E-state index in [9.17, 15) is 14.0 Å². The lowest BCUT2D eigenvalue weighted by molar-refractivity contribution is -0.129. The minimum absolute atomic E-state index is 0.00753. The first-order valence-corrected chi connectivity index (χ1v) is 8.90. The Labute approximate surface area is 160 Å². The van der Waals surface area contributed by atoms with Crippen LogP contribution in [-0.2, 0) is 16.1 Å². The number of benzene rings is 2. The van der Waals surface area contributed by atoms with Gasteiger partial charge in [0.1, 0.15) is 0 Å². The van der Waals surface area contributed by atoms with Gasteiger partial charge >= 0.3 is 0 Å². The Bertz CT molecular complexity index is 798. The highest BCUT2D eigenvalue weighted by Gasteiger charge is 2.10. The zero-order valence-corrected chi connectivity index (χ0v) is 16.2. The van der Waals surface area contributed by atoms with Crippen LogP contribution in [0.5, 0.6) is 5.75 Å². The van der Waals surface area contributed by atoms with Crippen molar-refractivity contribution in [2.45, 2.75) is 20.4 Å². The van der Waals surface area contributed by atoms with Crippen LogP contribution in [0.2, 0.25) is 0 Å². The number of nitrogens with one attached hydrogen (secondary N) is 1. The highest BCUT2D eigenvalue weighted by atomic mass is 79.9. The fraction of sp³-hybridized carbons (Fsp3) is 0.263. The molecule has 0 bridgehead atoms. The molecule has 5 nitrogen and oxygen atoms in total. The van der Waals surface area contributed by atoms with Crippen molar-refractivity contribution >= 4 is 33.4 Å². The summed E-state index contributed by atoms with van der Waals surface area (Å²) in [5, 5.41) is 2.70. The van der Waals surface area contributed by atoms with Crippen LogP contribution in [-0.4, -0.2) is 29.9 Å². The Balaban J connectivity index is 1.94. The molecule has 26 heavy (non-hydrogen) atoms. The van der Waals surface area contributed by atoms with E-state index in [0.29, 0.717) is 23.2 Å². The third-order valence-corrected chi connectivity index (χ3v) is 4.16. The van der Waals surface area contributed by atoms with Crippen molar-refractivity contribution in [3.63, 3.8) is 0 Å². The number of ether oxygens (including phenoxy) is 1. The van der Waals surface area contributed by atoms with Crippen molar-refractivity contribution in [2.24, 2.45) is 0 Å². The van der Waals surface area contributed by atoms with Gasteiger partial charge in [0.25, 0.3) is 5.91 Å². The van der Waals surface area contributed by atoms with Crippen molar-refractivity contribution in [3.05, 3.63) is 58.3 Å². The van der Waals surface area contributed by atoms with Crippen molar-refractivity contribution in [2.75, 3.05) is 18.5 Å². The van der Waals surface area contributed by atoms with E-state index in [1.807, 2.05) is 13.0 Å². The van der Waals surface area contributed by atoms with E-state index < -0.39 is 11.7 Å². The third-order valence-electron chi connectivity index (χ3n) is 3.66. The van der Waals surface area contributed by atoms with Crippen molar-refractivity contribution in [3.8, 4) is 5.75 Å². The first-order valence-electron chi connectivity index (χ1n) is 8.11. The molecule has 0 saturated carbocycles. The van der Waals surface area contributed by atoms with E-state index in [0.717, 1.165) is 5.56 Å². The van der Waals surface area contributed by atoms with E-state index in [1.165, 1.54) is 19.1 Å². The van der Waals surface area contributed by atoms with Crippen molar-refractivity contribution in [1.29, 1.82) is 0 Å². The van der Waals surface area contributed by atoms with Gasteiger partial charge in [-0.15, -0.1) is 0 Å². The van der Waals surface area contributed by atoms with E-state index in [1.54, 1.807) is 29.2 Å². The van der Waals surface area contributed by atoms with Gasteiger partial charge in [-0.05, 0) is 42.8 Å². The molecule has 2 rings (SSSR count). The van der Waals surface area contributed by atoms with Gasteiger partial charge in [0.05, 0.1) is 0 Å². The van der Waals surface area contributed by atoms with Crippen molar-refractivity contribution < 1.29 is 18.7 Å². The number of hydrogen-bond acceptors (Lipinski definition) is 3. The lowest BCUT2D eigenvalue weighted by Crippen LogP contribution is -2.27. The molecule has 7 heteroatoms. The molecule has 0 aliphatic carbocycles. The highest BCUT2D eigenvalue weighted by molar-refractivity contribution is 9.10. The van der Waals surface area contributed by atoms with Gasteiger partial charge in [-0.3, -0.25) is 9.59 Å². The van der Waals surface area contributed by atoms with Crippen LogP contribution in [0.15, 0.2) is 46.9 Å². The van der Waals surface area contributed by atoms with E-state index >= 15 is 0 Å². The summed E-state index contributed by atoms with van der Waals surface area (Å²) in [7, 11) is 0. The van der Waals surface area contributed by atoms with Crippen LogP contribution in [0.1, 0.15) is 19.4 Å². The van der Waals surface area contributed by atoms with Crippen LogP contribution in [0.4, 0.5) is 10.1 Å². The molecule has 2 amide bonds. The third kappa shape index (κ3) is 5.84. The van der Waals surface area contributed by atoms with Gasteiger partial charge < -0.3 is 15.0 Å². The molecule has 1 N–H and O–H groups in total. The topological polar surface area (TPSA) is 58.6 Å². The first kappa shape index (κ1) is 19.9. The predicted molar refractivity (Wildman–Crippen MR) is 101 cm³/mol. The fourth-order valence-electron chi connectivity index (χ4n) is 2.35. The van der Waals surface area contributed by atoms with Gasteiger partial charge in [0.15, 0.2) is 18.2 Å². The molecule has 0 atom stereocenters. The minimum atomic E-state index is -0.543. The molecule has 0 spiro atoms. The maximum atomic E-state index is 13.7. The molecular formula is C19H20BrFN2O3. The molecule has 0 aromatic heterocycles. The van der Waals surface area contributed by atoms with Crippen molar-refractivity contribution in [1.82, 2.24) is 4.90 Å². The summed E-state index contributed by atoms with van der Waals surface area (Å²) in [5.41, 5.74) is 1.49. The molecule has 0 fully saturated rings. The zero-order chi connectivity index (χ0) is 19.1. The molecule has 0 unspecified atom stereocenters. The number of anilines is 1. The Morgan fingerprint density at radius 1 is 1.23 bits per heavy atom. The van der Waals surface area contributed by atoms with Gasteiger partial charge in [-0.1, -0.05) is 28.1 Å². The molecule has 2 aromatic rings. The molecule has 138 valence electrons. The minimum Gasteiger partial charge on any atom is -0.481 e. The number of hydrogen-bond donors (Lipinski definition) is 1. The standard InChI is InChI=1S/C19H20BrFN2O3/c1-3-23(13(2)24)11-14-5-4-6-16(9-14)22-19(25)12-26-18-8-7-15(20)10-17(18)21/h4-10H,3,11-12H2,1-2H3,(H,22,25). The number of amides is 2. The summed E-state index contributed by atoms with van der Waals surface area (Å²) in [6.45, 7) is 4.20. The molecule has 0 heterocycles. The zero-order valence-electron chi connectivity index (χ0n) is 14.6. The quantitative estimate of drug-likeness (QED) is 0.733. The molecule has 0 radical (unpaired) electrons. The van der Waals surface area contributed by atoms with Gasteiger partial charge in [0.2, 0.25) is 5.91 Å². The monoisotopic (exact) mass is 422 g/mol. The van der Waals surface area contributed by atoms with Crippen LogP contribution < -0.4 is 10.1 Å². The maximum Gasteiger partial charge on any atom is 0.262 e. The first-order chi connectivity index (χ1) is 12.4. The summed E-state index contributed by atoms with van der Waals surface area (Å²) in [5.74, 6) is -0.939. The molecular weight excluding hydrogens is 403 g/mol. The largest absolute Gasteiger partial charge is 0.481 e. The molecule has 0 aliphatic heterocycles. The van der Waals surface area contributed by atoms with Crippen LogP contribution in [0, 0.1) is 5.82 Å². The normalized spacial score (nSPS) is 10.3. The van der Waals surface area contributed by atoms with Crippen LogP contribution >= 0.6 is 15.9 Å². The lowest BCUT2D eigenvalue weighted by Gasteiger charge is -2.19. The van der Waals surface area contributed by atoms with Crippen LogP contribution in [0.3, 0.4) is 0 Å². The highest BCUT2D eigenvalue weighted by Crippen LogP contribution is 2.21. The van der Waals surface area contributed by atoms with E-state index in [2.05, 4.69) is 21.2 Å². The number of rotatable bonds is 7. The van der Waals surface area contributed by atoms with E-state index in [-0.39, 0.29) is 18.3 Å². The molecule has 2 aromatic carbocycles. The molecule has 0 aliphatic rings.